The lowest BCUT2D eigenvalue weighted by molar-refractivity contribution is -0.140. The minimum absolute atomic E-state index is 0.0560. The maximum atomic E-state index is 12.7. The lowest BCUT2D eigenvalue weighted by Crippen LogP contribution is -2.23. The van der Waals surface area contributed by atoms with Gasteiger partial charge in [-0.05, 0) is 247 Å². The monoisotopic (exact) mass is 1580 g/mol. The van der Waals surface area contributed by atoms with Crippen molar-refractivity contribution < 1.29 is 38.1 Å². The van der Waals surface area contributed by atoms with Crippen molar-refractivity contribution in [2.45, 2.75) is 202 Å². The van der Waals surface area contributed by atoms with Crippen molar-refractivity contribution in [2.24, 2.45) is 23.7 Å². The second-order valence-electron chi connectivity index (χ2n) is 29.8. The minimum Gasteiger partial charge on any atom is -0.426 e. The Labute approximate surface area is 686 Å². The van der Waals surface area contributed by atoms with Crippen molar-refractivity contribution in [3.63, 3.8) is 0 Å². The molecule has 16 rings (SSSR count). The molecule has 12 heteroatoms. The highest BCUT2D eigenvalue weighted by atomic mass is 32.2. The molecule has 0 amide bonds. The van der Waals surface area contributed by atoms with E-state index in [1.54, 1.807) is 0 Å². The fourth-order valence-electron chi connectivity index (χ4n) is 15.5. The zero-order chi connectivity index (χ0) is 78.8. The van der Waals surface area contributed by atoms with Gasteiger partial charge in [0.2, 0.25) is 0 Å². The third-order valence-electron chi connectivity index (χ3n) is 21.4. The van der Waals surface area contributed by atoms with E-state index in [2.05, 4.69) is 281 Å². The molecule has 114 heavy (non-hydrogen) atoms. The van der Waals surface area contributed by atoms with E-state index in [0.717, 1.165) is 136 Å². The molecule has 0 saturated heterocycles. The summed E-state index contributed by atoms with van der Waals surface area (Å²) in [4.78, 5) is 65.1. The van der Waals surface area contributed by atoms with Gasteiger partial charge in [-0.15, -0.1) is 0 Å². The molecule has 0 N–H and O–H groups in total. The molecular weight excluding hydrogens is 1480 g/mol. The van der Waals surface area contributed by atoms with Crippen LogP contribution < -0.4 is 18.9 Å². The van der Waals surface area contributed by atoms with Gasteiger partial charge in [0, 0.05) is 24.3 Å². The maximum absolute atomic E-state index is 12.7. The van der Waals surface area contributed by atoms with Crippen LogP contribution in [0.2, 0.25) is 0 Å². The van der Waals surface area contributed by atoms with Gasteiger partial charge in [0.1, 0.15) is 23.0 Å². The van der Waals surface area contributed by atoms with Gasteiger partial charge in [0.15, 0.2) is 58.7 Å². The Hall–Kier alpha value is -10.1. The smallest absolute Gasteiger partial charge is 0.314 e. The molecule has 0 aliphatic heterocycles. The Kier molecular flexibility index (Phi) is 30.0. The van der Waals surface area contributed by atoms with E-state index in [0.29, 0.717) is 11.5 Å². The van der Waals surface area contributed by atoms with Crippen LogP contribution in [0.1, 0.15) is 138 Å². The Morgan fingerprint density at radius 3 is 0.579 bits per heavy atom. The van der Waals surface area contributed by atoms with E-state index < -0.39 is 0 Å². The van der Waals surface area contributed by atoms with E-state index in [4.69, 9.17) is 18.9 Å². The van der Waals surface area contributed by atoms with E-state index in [-0.39, 0.29) is 91.1 Å². The molecule has 4 saturated carbocycles. The predicted molar refractivity (Wildman–Crippen MR) is 465 cm³/mol. The van der Waals surface area contributed by atoms with Gasteiger partial charge in [-0.25, -0.2) is 0 Å². The number of carbonyl (C=O) groups excluding carboxylic acids is 4. The van der Waals surface area contributed by atoms with Gasteiger partial charge < -0.3 is 18.9 Å². The average molecular weight is 1590 g/mol. The van der Waals surface area contributed by atoms with Crippen LogP contribution in [0.15, 0.2) is 374 Å². The summed E-state index contributed by atoms with van der Waals surface area (Å²) in [6, 6.07) is 110. The topological polar surface area (TPSA) is 105 Å². The van der Waals surface area contributed by atoms with Gasteiger partial charge in [-0.3, -0.25) is 19.2 Å². The lowest BCUT2D eigenvalue weighted by Gasteiger charge is -2.21. The summed E-state index contributed by atoms with van der Waals surface area (Å²) in [6.07, 6.45) is 19.2. The van der Waals surface area contributed by atoms with Crippen LogP contribution in [-0.2, 0) is 62.8 Å². The molecule has 4 aliphatic rings. The van der Waals surface area contributed by atoms with Gasteiger partial charge >= 0.3 is 23.9 Å². The summed E-state index contributed by atoms with van der Waals surface area (Å²) in [5.41, 5.74) is 4.10. The Balaban J connectivity index is 0.000000133. The second-order valence-corrected chi connectivity index (χ2v) is 37.9. The number of hydrogen-bond donors (Lipinski definition) is 0. The van der Waals surface area contributed by atoms with Crippen molar-refractivity contribution in [3.05, 3.63) is 338 Å². The lowest BCUT2D eigenvalue weighted by atomic mass is 9.89. The van der Waals surface area contributed by atoms with Crippen LogP contribution >= 0.6 is 0 Å². The highest BCUT2D eigenvalue weighted by Gasteiger charge is 2.36. The fourth-order valence-corrected chi connectivity index (χ4v) is 24.2. The number of carbonyl (C=O) groups is 4. The molecule has 8 nitrogen and oxygen atoms in total. The van der Waals surface area contributed by atoms with E-state index >= 15 is 0 Å². The van der Waals surface area contributed by atoms with Crippen LogP contribution in [-0.4, -0.2) is 23.9 Å². The molecule has 4 aliphatic carbocycles. The number of ether oxygens (including phenoxy) is 4. The molecule has 0 radical (unpaired) electrons. The van der Waals surface area contributed by atoms with Crippen LogP contribution in [0.3, 0.4) is 0 Å². The molecular formula is C102H104O8S4+4. The van der Waals surface area contributed by atoms with Gasteiger partial charge in [-0.1, -0.05) is 210 Å². The van der Waals surface area contributed by atoms with Crippen LogP contribution in [0.5, 0.6) is 23.0 Å². The molecule has 12 aromatic carbocycles. The quantitative estimate of drug-likeness (QED) is 0.0422. The summed E-state index contributed by atoms with van der Waals surface area (Å²) in [6.45, 7) is 8.20. The summed E-state index contributed by atoms with van der Waals surface area (Å²) in [5.74, 6) is 2.74. The highest BCUT2D eigenvalue weighted by molar-refractivity contribution is 7.98. The normalized spacial score (nSPS) is 14.5. The number of rotatable bonds is 20. The largest absolute Gasteiger partial charge is 0.426 e. The molecule has 12 aromatic rings. The van der Waals surface area contributed by atoms with Crippen molar-refractivity contribution in [1.29, 1.82) is 0 Å². The first-order valence-electron chi connectivity index (χ1n) is 40.6. The summed E-state index contributed by atoms with van der Waals surface area (Å²) < 4.78 is 23.1. The first kappa shape index (κ1) is 81.9. The zero-order valence-corrected chi connectivity index (χ0v) is 69.2. The summed E-state index contributed by atoms with van der Waals surface area (Å²) in [7, 11) is -0.758. The van der Waals surface area contributed by atoms with E-state index in [1.165, 1.54) is 71.6 Å². The molecule has 0 atom stereocenters. The minimum atomic E-state index is -0.201. The van der Waals surface area contributed by atoms with Crippen LogP contribution in [0.4, 0.5) is 0 Å². The maximum Gasteiger partial charge on any atom is 0.314 e. The molecule has 0 spiro atoms. The summed E-state index contributed by atoms with van der Waals surface area (Å²) >= 11 is 0. The standard InChI is InChI=1S/C27H29O2S.C26H27O2S.C25H25O2S.C24H23O2S/c1-20-18-25(19-21(2)26(20)29-27(28)22-12-6-3-7-13-22)30(23-14-8-4-9-15-23)24-16-10-5-11-17-24;1-19-17-24(18-20(2)25(19)28-26(27)21-11-9-10-12-21)29(22-13-5-3-6-14-22)23-15-7-4-8-16-23;26-25(20-10-4-1-5-11-20)27-21-16-18-24(19-17-21)28(22-12-6-2-7-13-22)23-14-8-3-9-15-23;25-24(19-9-7-8-10-19)26-20-15-17-23(18-16-20)27(21-11-3-1-4-12-21)22-13-5-2-6-14-22/h4-5,8-11,14-19,22H,3,6-7,12-13H2,1-2H3;3-8,13-18,21H,9-12H2,1-2H3;2-3,6-9,12-20H,1,4-5,10-11H2;1-6,11-19H,7-10H2/q4*+1. The van der Waals surface area contributed by atoms with Crippen molar-refractivity contribution in [1.82, 2.24) is 0 Å². The first-order chi connectivity index (χ1) is 55.9. The fraction of sp³-hybridized carbons (Fsp3) is 0.255. The number of benzene rings is 12. The predicted octanol–water partition coefficient (Wildman–Crippen LogP) is 25.5. The molecule has 4 fully saturated rings. The molecule has 0 unspecified atom stereocenters. The third-order valence-corrected chi connectivity index (χ3v) is 30.2. The molecule has 0 heterocycles. The second kappa shape index (κ2) is 41.8. The zero-order valence-electron chi connectivity index (χ0n) is 66.0. The first-order valence-corrected chi connectivity index (χ1v) is 45.5. The van der Waals surface area contributed by atoms with Crippen LogP contribution in [0.25, 0.3) is 0 Å². The Morgan fingerprint density at radius 2 is 0.377 bits per heavy atom. The van der Waals surface area contributed by atoms with Gasteiger partial charge in [0.05, 0.1) is 67.3 Å². The van der Waals surface area contributed by atoms with E-state index in [9.17, 15) is 19.2 Å². The van der Waals surface area contributed by atoms with Gasteiger partial charge in [-0.2, -0.15) is 0 Å². The van der Waals surface area contributed by atoms with Gasteiger partial charge in [0.25, 0.3) is 0 Å². The number of aryl methyl sites for hydroxylation is 4. The van der Waals surface area contributed by atoms with Crippen molar-refractivity contribution in [3.8, 4) is 23.0 Å². The Morgan fingerprint density at radius 1 is 0.211 bits per heavy atom. The van der Waals surface area contributed by atoms with Crippen molar-refractivity contribution in [2.75, 3.05) is 0 Å². The number of esters is 4. The van der Waals surface area contributed by atoms with Crippen molar-refractivity contribution >= 4 is 67.5 Å². The molecule has 0 bridgehead atoms. The average Bonchev–Trinajstić information content (AvgIpc) is 1.50. The molecule has 580 valence electrons. The van der Waals surface area contributed by atoms with E-state index in [1.807, 2.05) is 62.4 Å². The summed E-state index contributed by atoms with van der Waals surface area (Å²) in [5, 5.41) is 0. The molecule has 0 aromatic heterocycles. The van der Waals surface area contributed by atoms with Crippen LogP contribution in [0, 0.1) is 51.4 Å². The highest BCUT2D eigenvalue weighted by Crippen LogP contribution is 2.41. The number of hydrogen-bond acceptors (Lipinski definition) is 8. The SMILES string of the molecule is Cc1cc([S+](c2ccccc2)c2ccccc2)cc(C)c1OC(=O)C1CCCC1.Cc1cc([S+](c2ccccc2)c2ccccc2)cc(C)c1OC(=O)C1CCCCC1.O=C(Oc1ccc([S+](c2ccccc2)c2ccccc2)cc1)C1CCCC1.O=C(Oc1ccc([S+](c2ccccc2)c2ccccc2)cc1)C1CCCCC1. The third kappa shape index (κ3) is 22.3. The Bertz CT molecular complexity index is 4790.